The molecule has 2 unspecified atom stereocenters. The second-order valence-electron chi connectivity index (χ2n) is 6.87. The Bertz CT molecular complexity index is 678. The highest BCUT2D eigenvalue weighted by Gasteiger charge is 2.26. The lowest BCUT2D eigenvalue weighted by Gasteiger charge is -2.33. The third kappa shape index (κ3) is 5.52. The number of nitriles is 1. The number of amides is 1. The van der Waals surface area contributed by atoms with E-state index >= 15 is 0 Å². The zero-order valence-electron chi connectivity index (χ0n) is 16.0. The molecule has 1 aromatic rings. The largest absolute Gasteiger partial charge is 0.446 e. The number of benzene rings is 1. The molecule has 1 fully saturated rings. The first-order valence-corrected chi connectivity index (χ1v) is 9.39. The Balaban J connectivity index is 2.14. The molecule has 2 rings (SSSR count). The summed E-state index contributed by atoms with van der Waals surface area (Å²) >= 11 is 0. The lowest BCUT2D eigenvalue weighted by molar-refractivity contribution is 0.0622. The fourth-order valence-electron chi connectivity index (χ4n) is 3.46. The molecule has 1 aromatic carbocycles. The number of aryl methyl sites for hydroxylation is 1. The number of allylic oxidation sites excluding steroid dienone is 1. The molecular weight excluding hydrogens is 326 g/mol. The summed E-state index contributed by atoms with van der Waals surface area (Å²) in [5.74, 6) is 0.449. The van der Waals surface area contributed by atoms with Crippen LogP contribution in [0.25, 0.3) is 0 Å². The highest BCUT2D eigenvalue weighted by Crippen LogP contribution is 2.30. The summed E-state index contributed by atoms with van der Waals surface area (Å²) in [6, 6.07) is 8.04. The number of anilines is 1. The van der Waals surface area contributed by atoms with Crippen LogP contribution in [0.3, 0.4) is 0 Å². The Hall–Kier alpha value is -2.48. The van der Waals surface area contributed by atoms with Crippen molar-refractivity contribution >= 4 is 11.8 Å². The van der Waals surface area contributed by atoms with Crippen LogP contribution >= 0.6 is 0 Å². The van der Waals surface area contributed by atoms with Crippen molar-refractivity contribution in [3.8, 4) is 6.07 Å². The number of alkyl carbamates (subject to hydrolysis) is 1. The number of hydrogen-bond donors (Lipinski definition) is 1. The normalized spacial score (nSPS) is 19.8. The second-order valence-corrected chi connectivity index (χ2v) is 6.87. The second kappa shape index (κ2) is 9.86. The number of hydrogen-bond acceptors (Lipinski definition) is 4. The van der Waals surface area contributed by atoms with Crippen LogP contribution in [0.1, 0.15) is 50.2 Å². The number of nitrogens with zero attached hydrogens (tertiary/aromatic N) is 2. The molecule has 0 aromatic heterocycles. The van der Waals surface area contributed by atoms with Crippen molar-refractivity contribution in [2.24, 2.45) is 5.92 Å². The van der Waals surface area contributed by atoms with E-state index in [9.17, 15) is 10.1 Å². The van der Waals surface area contributed by atoms with E-state index in [2.05, 4.69) is 42.4 Å². The Kier molecular flexibility index (Phi) is 7.53. The van der Waals surface area contributed by atoms with Gasteiger partial charge in [-0.15, -0.1) is 0 Å². The van der Waals surface area contributed by atoms with E-state index < -0.39 is 0 Å². The quantitative estimate of drug-likeness (QED) is 0.815. The topological polar surface area (TPSA) is 65.4 Å². The van der Waals surface area contributed by atoms with Gasteiger partial charge >= 0.3 is 6.09 Å². The van der Waals surface area contributed by atoms with Crippen LogP contribution in [-0.4, -0.2) is 25.8 Å². The van der Waals surface area contributed by atoms with Gasteiger partial charge < -0.3 is 15.0 Å². The van der Waals surface area contributed by atoms with Gasteiger partial charge in [0.05, 0.1) is 11.6 Å². The van der Waals surface area contributed by atoms with Crippen molar-refractivity contribution in [1.82, 2.24) is 5.32 Å². The van der Waals surface area contributed by atoms with Gasteiger partial charge in [0.15, 0.2) is 0 Å². The summed E-state index contributed by atoms with van der Waals surface area (Å²) in [5, 5.41) is 11.8. The zero-order valence-corrected chi connectivity index (χ0v) is 16.0. The first-order valence-electron chi connectivity index (χ1n) is 9.39. The number of nitrogens with one attached hydrogen (secondary N) is 1. The lowest BCUT2D eigenvalue weighted by atomic mass is 9.86. The highest BCUT2D eigenvalue weighted by molar-refractivity contribution is 5.66. The first kappa shape index (κ1) is 19.8. The molecule has 1 N–H and O–H groups in total. The SMILES string of the molecule is CC/C=C\N(CC1CCCC(OC(=O)NC)C1)c1cc(C#N)ccc1C. The molecule has 1 saturated carbocycles. The van der Waals surface area contributed by atoms with Crippen molar-refractivity contribution < 1.29 is 9.53 Å². The smallest absolute Gasteiger partial charge is 0.407 e. The van der Waals surface area contributed by atoms with E-state index in [4.69, 9.17) is 4.74 Å². The van der Waals surface area contributed by atoms with Crippen LogP contribution in [-0.2, 0) is 4.74 Å². The maximum absolute atomic E-state index is 11.5. The van der Waals surface area contributed by atoms with E-state index in [0.717, 1.165) is 49.9 Å². The van der Waals surface area contributed by atoms with E-state index in [0.29, 0.717) is 11.5 Å². The highest BCUT2D eigenvalue weighted by atomic mass is 16.6. The van der Waals surface area contributed by atoms with Crippen molar-refractivity contribution in [3.05, 3.63) is 41.6 Å². The number of carbonyl (C=O) groups is 1. The van der Waals surface area contributed by atoms with Gasteiger partial charge in [-0.3, -0.25) is 0 Å². The molecule has 5 heteroatoms. The Morgan fingerprint density at radius 3 is 2.96 bits per heavy atom. The van der Waals surface area contributed by atoms with E-state index in [-0.39, 0.29) is 12.2 Å². The van der Waals surface area contributed by atoms with Crippen LogP contribution in [0.5, 0.6) is 0 Å². The summed E-state index contributed by atoms with van der Waals surface area (Å²) in [6.45, 7) is 5.04. The molecule has 0 aliphatic heterocycles. The molecular formula is C21H29N3O2. The fourth-order valence-corrected chi connectivity index (χ4v) is 3.46. The summed E-state index contributed by atoms with van der Waals surface area (Å²) in [5.41, 5.74) is 2.90. The Morgan fingerprint density at radius 2 is 2.27 bits per heavy atom. The van der Waals surface area contributed by atoms with Crippen LogP contribution in [0.15, 0.2) is 30.5 Å². The van der Waals surface area contributed by atoms with E-state index in [1.807, 2.05) is 18.2 Å². The third-order valence-electron chi connectivity index (χ3n) is 4.84. The number of carbonyl (C=O) groups excluding carboxylic acids is 1. The molecule has 0 spiro atoms. The van der Waals surface area contributed by atoms with Crippen LogP contribution < -0.4 is 10.2 Å². The van der Waals surface area contributed by atoms with E-state index in [1.165, 1.54) is 0 Å². The molecule has 1 aliphatic carbocycles. The maximum atomic E-state index is 11.5. The van der Waals surface area contributed by atoms with Crippen molar-refractivity contribution in [1.29, 1.82) is 5.26 Å². The molecule has 0 radical (unpaired) electrons. The molecule has 0 heterocycles. The van der Waals surface area contributed by atoms with Gasteiger partial charge in [-0.05, 0) is 62.6 Å². The molecule has 2 atom stereocenters. The first-order chi connectivity index (χ1) is 12.6. The van der Waals surface area contributed by atoms with Gasteiger partial charge in [-0.2, -0.15) is 5.26 Å². The summed E-state index contributed by atoms with van der Waals surface area (Å²) in [7, 11) is 1.59. The number of rotatable bonds is 6. The zero-order chi connectivity index (χ0) is 18.9. The lowest BCUT2D eigenvalue weighted by Crippen LogP contribution is -2.34. The third-order valence-corrected chi connectivity index (χ3v) is 4.84. The predicted octanol–water partition coefficient (Wildman–Crippen LogP) is 4.51. The number of ether oxygens (including phenoxy) is 1. The summed E-state index contributed by atoms with van der Waals surface area (Å²) < 4.78 is 5.47. The average Bonchev–Trinajstić information content (AvgIpc) is 2.66. The average molecular weight is 355 g/mol. The van der Waals surface area contributed by atoms with Crippen LogP contribution in [0, 0.1) is 24.2 Å². The van der Waals surface area contributed by atoms with E-state index in [1.54, 1.807) is 7.05 Å². The van der Waals surface area contributed by atoms with Crippen molar-refractivity contribution in [2.45, 2.75) is 52.1 Å². The van der Waals surface area contributed by atoms with Crippen LogP contribution in [0.4, 0.5) is 10.5 Å². The van der Waals surface area contributed by atoms with Gasteiger partial charge in [-0.25, -0.2) is 4.79 Å². The molecule has 5 nitrogen and oxygen atoms in total. The minimum Gasteiger partial charge on any atom is -0.446 e. The predicted molar refractivity (Wildman–Crippen MR) is 104 cm³/mol. The van der Waals surface area contributed by atoms with Crippen molar-refractivity contribution in [3.63, 3.8) is 0 Å². The summed E-state index contributed by atoms with van der Waals surface area (Å²) in [6.07, 6.45) is 8.84. The monoisotopic (exact) mass is 355 g/mol. The minimum atomic E-state index is -0.351. The minimum absolute atomic E-state index is 0.0164. The fraction of sp³-hybridized carbons (Fsp3) is 0.524. The van der Waals surface area contributed by atoms with Gasteiger partial charge in [0.2, 0.25) is 0 Å². The Morgan fingerprint density at radius 1 is 1.46 bits per heavy atom. The maximum Gasteiger partial charge on any atom is 0.407 e. The molecule has 140 valence electrons. The van der Waals surface area contributed by atoms with Gasteiger partial charge in [0, 0.05) is 25.5 Å². The molecule has 26 heavy (non-hydrogen) atoms. The standard InChI is InChI=1S/C21H29N3O2/c1-4-5-11-24(20-13-17(14-22)10-9-16(20)2)15-18-7-6-8-19(12-18)26-21(25)23-3/h5,9-11,13,18-19H,4,6-8,12,15H2,1-3H3,(H,23,25)/b11-5-. The molecule has 0 saturated heterocycles. The molecule has 1 amide bonds. The Labute approximate surface area is 156 Å². The van der Waals surface area contributed by atoms with Gasteiger partial charge in [0.1, 0.15) is 6.10 Å². The molecule has 0 bridgehead atoms. The summed E-state index contributed by atoms with van der Waals surface area (Å²) in [4.78, 5) is 13.7. The van der Waals surface area contributed by atoms with Gasteiger partial charge in [-0.1, -0.05) is 19.1 Å². The molecule has 1 aliphatic rings. The van der Waals surface area contributed by atoms with Crippen LogP contribution in [0.2, 0.25) is 0 Å². The van der Waals surface area contributed by atoms with Gasteiger partial charge in [0.25, 0.3) is 0 Å². The van der Waals surface area contributed by atoms with Crippen molar-refractivity contribution in [2.75, 3.05) is 18.5 Å².